The minimum Gasteiger partial charge on any atom is -0.336 e. The van der Waals surface area contributed by atoms with E-state index in [0.717, 1.165) is 19.6 Å². The van der Waals surface area contributed by atoms with Crippen molar-refractivity contribution in [3.8, 4) is 0 Å². The predicted octanol–water partition coefficient (Wildman–Crippen LogP) is 3.02. The van der Waals surface area contributed by atoms with E-state index in [9.17, 15) is 13.2 Å². The van der Waals surface area contributed by atoms with E-state index in [1.54, 1.807) is 12.1 Å². The molecule has 1 amide bonds. The Bertz CT molecular complexity index is 960. The van der Waals surface area contributed by atoms with Crippen molar-refractivity contribution in [2.75, 3.05) is 40.3 Å². The molecular weight excluding hydrogens is 398 g/mol. The molecule has 7 heteroatoms. The van der Waals surface area contributed by atoms with E-state index in [0.29, 0.717) is 24.6 Å². The van der Waals surface area contributed by atoms with E-state index >= 15 is 0 Å². The van der Waals surface area contributed by atoms with E-state index in [-0.39, 0.29) is 10.8 Å². The number of benzene rings is 2. The third-order valence-electron chi connectivity index (χ3n) is 5.59. The SMILES string of the molecule is CC(C)c1ccc(CN2CCN(C(=O)c3ccc(S(=O)(=O)N(C)C)cc3)CC2)cc1. The molecule has 3 rings (SSSR count). The summed E-state index contributed by atoms with van der Waals surface area (Å²) < 4.78 is 25.5. The van der Waals surface area contributed by atoms with Crippen LogP contribution in [0.25, 0.3) is 0 Å². The molecule has 30 heavy (non-hydrogen) atoms. The van der Waals surface area contributed by atoms with Crippen LogP contribution in [0, 0.1) is 0 Å². The van der Waals surface area contributed by atoms with Crippen molar-refractivity contribution in [3.05, 3.63) is 65.2 Å². The second-order valence-electron chi connectivity index (χ2n) is 8.28. The molecule has 162 valence electrons. The first-order valence-electron chi connectivity index (χ1n) is 10.3. The van der Waals surface area contributed by atoms with E-state index in [1.807, 2.05) is 4.90 Å². The van der Waals surface area contributed by atoms with E-state index in [1.165, 1.54) is 41.7 Å². The highest BCUT2D eigenvalue weighted by molar-refractivity contribution is 7.89. The summed E-state index contributed by atoms with van der Waals surface area (Å²) in [6, 6.07) is 15.0. The standard InChI is InChI=1S/C23H31N3O3S/c1-18(2)20-7-5-19(6-8-20)17-25-13-15-26(16-14-25)23(27)21-9-11-22(12-10-21)30(28,29)24(3)4/h5-12,18H,13-17H2,1-4H3. The van der Waals surface area contributed by atoms with Crippen LogP contribution in [-0.4, -0.2) is 68.7 Å². The zero-order chi connectivity index (χ0) is 21.9. The van der Waals surface area contributed by atoms with Gasteiger partial charge in [0.2, 0.25) is 10.0 Å². The van der Waals surface area contributed by atoms with Crippen LogP contribution in [0.2, 0.25) is 0 Å². The minimum absolute atomic E-state index is 0.0512. The highest BCUT2D eigenvalue weighted by atomic mass is 32.2. The van der Waals surface area contributed by atoms with Crippen molar-refractivity contribution >= 4 is 15.9 Å². The summed E-state index contributed by atoms with van der Waals surface area (Å²) in [6.45, 7) is 8.26. The Morgan fingerprint density at radius 3 is 2.00 bits per heavy atom. The second-order valence-corrected chi connectivity index (χ2v) is 10.4. The summed E-state index contributed by atoms with van der Waals surface area (Å²) in [5, 5.41) is 0. The second kappa shape index (κ2) is 9.29. The number of amides is 1. The first kappa shape index (κ1) is 22.5. The number of nitrogens with zero attached hydrogens (tertiary/aromatic N) is 3. The minimum atomic E-state index is -3.49. The van der Waals surface area contributed by atoms with Gasteiger partial charge in [-0.1, -0.05) is 38.1 Å². The van der Waals surface area contributed by atoms with Crippen molar-refractivity contribution in [1.29, 1.82) is 0 Å². The summed E-state index contributed by atoms with van der Waals surface area (Å²) >= 11 is 0. The number of hydrogen-bond donors (Lipinski definition) is 0. The van der Waals surface area contributed by atoms with Gasteiger partial charge in [0.15, 0.2) is 0 Å². The molecular formula is C23H31N3O3S. The van der Waals surface area contributed by atoms with E-state index in [2.05, 4.69) is 43.0 Å². The van der Waals surface area contributed by atoms with Crippen LogP contribution in [0.5, 0.6) is 0 Å². The fourth-order valence-corrected chi connectivity index (χ4v) is 4.44. The van der Waals surface area contributed by atoms with Crippen molar-refractivity contribution in [3.63, 3.8) is 0 Å². The molecule has 0 aromatic heterocycles. The third-order valence-corrected chi connectivity index (χ3v) is 7.42. The van der Waals surface area contributed by atoms with E-state index < -0.39 is 10.0 Å². The average molecular weight is 430 g/mol. The largest absolute Gasteiger partial charge is 0.336 e. The number of rotatable bonds is 6. The van der Waals surface area contributed by atoms with Gasteiger partial charge in [-0.3, -0.25) is 9.69 Å². The van der Waals surface area contributed by atoms with Gasteiger partial charge in [0.25, 0.3) is 5.91 Å². The van der Waals surface area contributed by atoms with Gasteiger partial charge in [0.05, 0.1) is 4.90 Å². The lowest BCUT2D eigenvalue weighted by Crippen LogP contribution is -2.48. The maximum atomic E-state index is 12.8. The van der Waals surface area contributed by atoms with Gasteiger partial charge >= 0.3 is 0 Å². The van der Waals surface area contributed by atoms with Crippen LogP contribution < -0.4 is 0 Å². The predicted molar refractivity (Wildman–Crippen MR) is 119 cm³/mol. The van der Waals surface area contributed by atoms with Crippen molar-refractivity contribution in [2.24, 2.45) is 0 Å². The lowest BCUT2D eigenvalue weighted by Gasteiger charge is -2.34. The van der Waals surface area contributed by atoms with Gasteiger partial charge in [-0.05, 0) is 41.3 Å². The molecule has 0 atom stereocenters. The molecule has 0 aliphatic carbocycles. The van der Waals surface area contributed by atoms with Crippen molar-refractivity contribution in [1.82, 2.24) is 14.1 Å². The first-order valence-corrected chi connectivity index (χ1v) is 11.8. The Hall–Kier alpha value is -2.22. The average Bonchev–Trinajstić information content (AvgIpc) is 2.74. The Kier molecular flexibility index (Phi) is 6.95. The van der Waals surface area contributed by atoms with Crippen LogP contribution in [0.15, 0.2) is 53.4 Å². The summed E-state index contributed by atoms with van der Waals surface area (Å²) in [5.41, 5.74) is 3.15. The molecule has 0 spiro atoms. The van der Waals surface area contributed by atoms with Crippen LogP contribution >= 0.6 is 0 Å². The van der Waals surface area contributed by atoms with Crippen molar-refractivity contribution < 1.29 is 13.2 Å². The normalized spacial score (nSPS) is 15.7. The lowest BCUT2D eigenvalue weighted by atomic mass is 10.0. The fraction of sp³-hybridized carbons (Fsp3) is 0.435. The van der Waals surface area contributed by atoms with Crippen LogP contribution in [-0.2, 0) is 16.6 Å². The Labute approximate surface area is 180 Å². The van der Waals surface area contributed by atoms with Gasteiger partial charge in [-0.15, -0.1) is 0 Å². The molecule has 2 aromatic rings. The van der Waals surface area contributed by atoms with Crippen LogP contribution in [0.3, 0.4) is 0 Å². The van der Waals surface area contributed by atoms with Gasteiger partial charge in [0.1, 0.15) is 0 Å². The maximum absolute atomic E-state index is 12.8. The molecule has 1 aliphatic heterocycles. The van der Waals surface area contributed by atoms with Crippen molar-refractivity contribution in [2.45, 2.75) is 31.2 Å². The summed E-state index contributed by atoms with van der Waals surface area (Å²) in [6.07, 6.45) is 0. The third kappa shape index (κ3) is 5.09. The molecule has 2 aromatic carbocycles. The number of hydrogen-bond acceptors (Lipinski definition) is 4. The topological polar surface area (TPSA) is 60.9 Å². The molecule has 1 heterocycles. The molecule has 0 bridgehead atoms. The molecule has 1 saturated heterocycles. The fourth-order valence-electron chi connectivity index (χ4n) is 3.54. The van der Waals surface area contributed by atoms with Crippen LogP contribution in [0.1, 0.15) is 41.3 Å². The summed E-state index contributed by atoms with van der Waals surface area (Å²) in [7, 11) is -0.502. The molecule has 0 unspecified atom stereocenters. The zero-order valence-corrected chi connectivity index (χ0v) is 19.0. The molecule has 0 radical (unpaired) electrons. The van der Waals surface area contributed by atoms with Crippen LogP contribution in [0.4, 0.5) is 0 Å². The number of carbonyl (C=O) groups is 1. The summed E-state index contributed by atoms with van der Waals surface area (Å²) in [5.74, 6) is 0.482. The molecule has 1 aliphatic rings. The summed E-state index contributed by atoms with van der Waals surface area (Å²) in [4.78, 5) is 17.2. The van der Waals surface area contributed by atoms with Gasteiger partial charge in [-0.2, -0.15) is 0 Å². The van der Waals surface area contributed by atoms with Gasteiger partial charge in [-0.25, -0.2) is 12.7 Å². The first-order chi connectivity index (χ1) is 14.2. The monoisotopic (exact) mass is 429 g/mol. The number of sulfonamides is 1. The molecule has 0 N–H and O–H groups in total. The zero-order valence-electron chi connectivity index (χ0n) is 18.2. The van der Waals surface area contributed by atoms with Gasteiger partial charge in [0, 0.05) is 52.4 Å². The van der Waals surface area contributed by atoms with Gasteiger partial charge < -0.3 is 4.90 Å². The molecule has 1 fully saturated rings. The van der Waals surface area contributed by atoms with E-state index in [4.69, 9.17) is 0 Å². The molecule has 0 saturated carbocycles. The smallest absolute Gasteiger partial charge is 0.253 e. The quantitative estimate of drug-likeness (QED) is 0.708. The lowest BCUT2D eigenvalue weighted by molar-refractivity contribution is 0.0628. The highest BCUT2D eigenvalue weighted by Gasteiger charge is 2.23. The Balaban J connectivity index is 1.56. The Morgan fingerprint density at radius 1 is 0.933 bits per heavy atom. The number of carbonyl (C=O) groups excluding carboxylic acids is 1. The Morgan fingerprint density at radius 2 is 1.50 bits per heavy atom. The molecule has 6 nitrogen and oxygen atoms in total. The number of piperazine rings is 1. The highest BCUT2D eigenvalue weighted by Crippen LogP contribution is 2.18. The maximum Gasteiger partial charge on any atom is 0.253 e.